The molecule has 1 aromatic heterocycles. The standard InChI is InChI=1S/C23H22N4O4S/c28-22(21-13-12-20(31-21)16-8-2-4-10-18(16)27(29)30)25-23(32)24-17-9-3-5-11-19(17)26-14-6-1-7-15-26/h2-5,8-13H,1,6-7,14-15H2,(H2,24,25,28,32). The summed E-state index contributed by atoms with van der Waals surface area (Å²) in [4.78, 5) is 25.7. The molecule has 2 aromatic carbocycles. The van der Waals surface area contributed by atoms with E-state index in [-0.39, 0.29) is 22.3 Å². The second-order valence-electron chi connectivity index (χ2n) is 7.41. The number of benzene rings is 2. The molecule has 0 radical (unpaired) electrons. The van der Waals surface area contributed by atoms with Gasteiger partial charge in [-0.15, -0.1) is 0 Å². The van der Waals surface area contributed by atoms with Crippen LogP contribution in [0.5, 0.6) is 0 Å². The van der Waals surface area contributed by atoms with Gasteiger partial charge in [-0.05, 0) is 61.8 Å². The van der Waals surface area contributed by atoms with Gasteiger partial charge in [0.1, 0.15) is 5.76 Å². The highest BCUT2D eigenvalue weighted by molar-refractivity contribution is 7.80. The number of nitrogens with zero attached hydrogens (tertiary/aromatic N) is 2. The minimum absolute atomic E-state index is 0.00613. The normalized spacial score (nSPS) is 13.4. The number of nitro groups is 1. The monoisotopic (exact) mass is 450 g/mol. The summed E-state index contributed by atoms with van der Waals surface area (Å²) in [5, 5.41) is 17.1. The zero-order valence-corrected chi connectivity index (χ0v) is 18.1. The first kappa shape index (κ1) is 21.5. The fourth-order valence-corrected chi connectivity index (χ4v) is 3.96. The number of hydrogen-bond donors (Lipinski definition) is 2. The number of nitro benzene ring substituents is 1. The second kappa shape index (κ2) is 9.61. The lowest BCUT2D eigenvalue weighted by molar-refractivity contribution is -0.384. The van der Waals surface area contributed by atoms with Crippen molar-refractivity contribution in [3.8, 4) is 11.3 Å². The molecule has 9 heteroatoms. The van der Waals surface area contributed by atoms with Crippen LogP contribution in [-0.4, -0.2) is 29.0 Å². The molecule has 0 saturated carbocycles. The number of nitrogens with one attached hydrogen (secondary N) is 2. The Morgan fingerprint density at radius 3 is 2.50 bits per heavy atom. The lowest BCUT2D eigenvalue weighted by Gasteiger charge is -2.30. The first-order valence-corrected chi connectivity index (χ1v) is 10.7. The molecule has 2 N–H and O–H groups in total. The maximum absolute atomic E-state index is 12.6. The van der Waals surface area contributed by atoms with Crippen molar-refractivity contribution in [2.45, 2.75) is 19.3 Å². The van der Waals surface area contributed by atoms with Crippen molar-refractivity contribution in [1.82, 2.24) is 5.32 Å². The van der Waals surface area contributed by atoms with Crippen molar-refractivity contribution in [2.24, 2.45) is 0 Å². The van der Waals surface area contributed by atoms with Crippen LogP contribution in [0.15, 0.2) is 65.1 Å². The summed E-state index contributed by atoms with van der Waals surface area (Å²) in [6.07, 6.45) is 3.53. The van der Waals surface area contributed by atoms with E-state index >= 15 is 0 Å². The van der Waals surface area contributed by atoms with E-state index < -0.39 is 10.8 Å². The fourth-order valence-electron chi connectivity index (χ4n) is 3.75. The van der Waals surface area contributed by atoms with E-state index in [1.54, 1.807) is 18.2 Å². The summed E-state index contributed by atoms with van der Waals surface area (Å²) in [5.41, 5.74) is 2.06. The van der Waals surface area contributed by atoms with E-state index in [1.165, 1.54) is 24.6 Å². The Hall–Kier alpha value is -3.72. The van der Waals surface area contributed by atoms with E-state index in [2.05, 4.69) is 15.5 Å². The van der Waals surface area contributed by atoms with Crippen molar-refractivity contribution in [3.05, 3.63) is 76.5 Å². The molecule has 1 aliphatic rings. The Balaban J connectivity index is 1.45. The molecule has 0 spiro atoms. The van der Waals surface area contributed by atoms with Crippen LogP contribution >= 0.6 is 12.2 Å². The van der Waals surface area contributed by atoms with Crippen molar-refractivity contribution in [2.75, 3.05) is 23.3 Å². The number of anilines is 2. The zero-order valence-electron chi connectivity index (χ0n) is 17.2. The van der Waals surface area contributed by atoms with Gasteiger partial charge in [0.05, 0.1) is 21.9 Å². The maximum atomic E-state index is 12.6. The van der Waals surface area contributed by atoms with Gasteiger partial charge in [-0.3, -0.25) is 20.2 Å². The first-order valence-electron chi connectivity index (χ1n) is 10.3. The Labute approximate surface area is 190 Å². The molecule has 1 amide bonds. The molecule has 3 aromatic rings. The minimum Gasteiger partial charge on any atom is -0.451 e. The first-order chi connectivity index (χ1) is 15.5. The van der Waals surface area contributed by atoms with Crippen LogP contribution in [0.2, 0.25) is 0 Å². The van der Waals surface area contributed by atoms with Crippen LogP contribution in [0, 0.1) is 10.1 Å². The quantitative estimate of drug-likeness (QED) is 0.321. The molecule has 0 bridgehead atoms. The van der Waals surface area contributed by atoms with E-state index in [0.717, 1.165) is 37.3 Å². The third-order valence-electron chi connectivity index (χ3n) is 5.27. The minimum atomic E-state index is -0.539. The van der Waals surface area contributed by atoms with E-state index in [1.807, 2.05) is 24.3 Å². The number of rotatable bonds is 5. The number of furan rings is 1. The summed E-state index contributed by atoms with van der Waals surface area (Å²) >= 11 is 5.34. The summed E-state index contributed by atoms with van der Waals surface area (Å²) in [6.45, 7) is 1.97. The lowest BCUT2D eigenvalue weighted by atomic mass is 10.1. The average Bonchev–Trinajstić information content (AvgIpc) is 3.30. The average molecular weight is 451 g/mol. The highest BCUT2D eigenvalue weighted by Gasteiger charge is 2.20. The predicted octanol–water partition coefficient (Wildman–Crippen LogP) is 4.97. The van der Waals surface area contributed by atoms with Gasteiger partial charge in [-0.2, -0.15) is 0 Å². The Bertz CT molecular complexity index is 1150. The molecule has 1 fully saturated rings. The van der Waals surface area contributed by atoms with Crippen LogP contribution in [0.25, 0.3) is 11.3 Å². The van der Waals surface area contributed by atoms with Crippen molar-refractivity contribution in [1.29, 1.82) is 0 Å². The van der Waals surface area contributed by atoms with Crippen molar-refractivity contribution < 1.29 is 14.1 Å². The van der Waals surface area contributed by atoms with Crippen LogP contribution in [-0.2, 0) is 0 Å². The maximum Gasteiger partial charge on any atom is 0.293 e. The molecular weight excluding hydrogens is 428 g/mol. The molecule has 0 unspecified atom stereocenters. The SMILES string of the molecule is O=C(NC(=S)Nc1ccccc1N1CCCCC1)c1ccc(-c2ccccc2[N+](=O)[O-])o1. The smallest absolute Gasteiger partial charge is 0.293 e. The number of hydrogen-bond acceptors (Lipinski definition) is 6. The second-order valence-corrected chi connectivity index (χ2v) is 7.82. The molecule has 8 nitrogen and oxygen atoms in total. The number of thiocarbonyl (C=S) groups is 1. The molecule has 4 rings (SSSR count). The van der Waals surface area contributed by atoms with Crippen molar-refractivity contribution in [3.63, 3.8) is 0 Å². The molecule has 2 heterocycles. The Kier molecular flexibility index (Phi) is 6.46. The van der Waals surface area contributed by atoms with E-state index in [0.29, 0.717) is 5.56 Å². The molecule has 164 valence electrons. The van der Waals surface area contributed by atoms with Crippen LogP contribution < -0.4 is 15.5 Å². The third kappa shape index (κ3) is 4.78. The van der Waals surface area contributed by atoms with E-state index in [9.17, 15) is 14.9 Å². The zero-order chi connectivity index (χ0) is 22.5. The van der Waals surface area contributed by atoms with Crippen molar-refractivity contribution >= 4 is 40.3 Å². The largest absolute Gasteiger partial charge is 0.451 e. The van der Waals surface area contributed by atoms with Gasteiger partial charge in [0.25, 0.3) is 11.6 Å². The van der Waals surface area contributed by atoms with Crippen LogP contribution in [0.1, 0.15) is 29.8 Å². The Morgan fingerprint density at radius 1 is 1.00 bits per heavy atom. The summed E-state index contributed by atoms with van der Waals surface area (Å²) in [5.74, 6) is -0.300. The highest BCUT2D eigenvalue weighted by Crippen LogP contribution is 2.31. The number of para-hydroxylation sites is 3. The van der Waals surface area contributed by atoms with Gasteiger partial charge < -0.3 is 14.6 Å². The number of amides is 1. The third-order valence-corrected chi connectivity index (χ3v) is 5.48. The summed E-state index contributed by atoms with van der Waals surface area (Å²) in [7, 11) is 0. The summed E-state index contributed by atoms with van der Waals surface area (Å²) < 4.78 is 5.58. The summed E-state index contributed by atoms with van der Waals surface area (Å²) in [6, 6.07) is 17.0. The topological polar surface area (TPSA) is 101 Å². The number of carbonyl (C=O) groups is 1. The molecule has 1 saturated heterocycles. The van der Waals surface area contributed by atoms with Gasteiger partial charge in [0, 0.05) is 19.2 Å². The van der Waals surface area contributed by atoms with Gasteiger partial charge in [0.15, 0.2) is 10.9 Å². The van der Waals surface area contributed by atoms with Crippen LogP contribution in [0.4, 0.5) is 17.1 Å². The van der Waals surface area contributed by atoms with Gasteiger partial charge in [-0.1, -0.05) is 24.3 Å². The number of piperidine rings is 1. The predicted molar refractivity (Wildman–Crippen MR) is 127 cm³/mol. The molecular formula is C23H22N4O4S. The van der Waals surface area contributed by atoms with E-state index in [4.69, 9.17) is 16.6 Å². The van der Waals surface area contributed by atoms with Gasteiger partial charge >= 0.3 is 0 Å². The molecule has 32 heavy (non-hydrogen) atoms. The molecule has 0 atom stereocenters. The Morgan fingerprint density at radius 2 is 1.72 bits per heavy atom. The van der Waals surface area contributed by atoms with Crippen LogP contribution in [0.3, 0.4) is 0 Å². The molecule has 0 aliphatic carbocycles. The highest BCUT2D eigenvalue weighted by atomic mass is 32.1. The fraction of sp³-hybridized carbons (Fsp3) is 0.217. The number of carbonyl (C=O) groups excluding carboxylic acids is 1. The lowest BCUT2D eigenvalue weighted by Crippen LogP contribution is -2.35. The molecule has 1 aliphatic heterocycles. The van der Waals surface area contributed by atoms with Gasteiger partial charge in [-0.25, -0.2) is 0 Å². The van der Waals surface area contributed by atoms with Gasteiger partial charge in [0.2, 0.25) is 0 Å².